The van der Waals surface area contributed by atoms with E-state index in [-0.39, 0.29) is 23.4 Å². The summed E-state index contributed by atoms with van der Waals surface area (Å²) in [6, 6.07) is 8.34. The van der Waals surface area contributed by atoms with Crippen molar-refractivity contribution < 1.29 is 9.59 Å². The van der Waals surface area contributed by atoms with Gasteiger partial charge in [-0.2, -0.15) is 0 Å². The molecule has 142 valence electrons. The molecule has 0 radical (unpaired) electrons. The molecule has 5 nitrogen and oxygen atoms in total. The smallest absolute Gasteiger partial charge is 0.319 e. The van der Waals surface area contributed by atoms with Crippen molar-refractivity contribution in [2.45, 2.75) is 51.5 Å². The monoisotopic (exact) mass is 357 g/mol. The number of rotatable bonds is 1. The predicted octanol–water partition coefficient (Wildman–Crippen LogP) is 3.70. The molecule has 26 heavy (non-hydrogen) atoms. The predicted molar refractivity (Wildman–Crippen MR) is 104 cm³/mol. The fraction of sp³-hybridized carbons (Fsp3) is 0.619. The van der Waals surface area contributed by atoms with E-state index in [0.29, 0.717) is 19.0 Å². The number of fused-ring (bicyclic) bond motifs is 1. The van der Waals surface area contributed by atoms with E-state index in [2.05, 4.69) is 39.0 Å². The van der Waals surface area contributed by atoms with Crippen LogP contribution in [0.5, 0.6) is 0 Å². The van der Waals surface area contributed by atoms with Gasteiger partial charge in [0.25, 0.3) is 0 Å². The number of amides is 3. The number of carbonyl (C=O) groups is 2. The molecule has 5 heteroatoms. The minimum atomic E-state index is -0.193. The zero-order valence-corrected chi connectivity index (χ0v) is 16.7. The molecule has 1 atom stereocenters. The van der Waals surface area contributed by atoms with Gasteiger partial charge < -0.3 is 14.7 Å². The van der Waals surface area contributed by atoms with Crippen LogP contribution in [0.2, 0.25) is 0 Å². The van der Waals surface area contributed by atoms with Crippen LogP contribution in [0.15, 0.2) is 24.3 Å². The summed E-state index contributed by atoms with van der Waals surface area (Å²) >= 11 is 0. The van der Waals surface area contributed by atoms with E-state index in [1.54, 1.807) is 19.0 Å². The molecule has 0 aliphatic carbocycles. The molecule has 1 aromatic rings. The molecule has 1 unspecified atom stereocenters. The molecule has 0 bridgehead atoms. The lowest BCUT2D eigenvalue weighted by molar-refractivity contribution is -0.125. The van der Waals surface area contributed by atoms with Crippen molar-refractivity contribution in [3.8, 4) is 0 Å². The van der Waals surface area contributed by atoms with Crippen LogP contribution in [-0.2, 0) is 4.79 Å². The van der Waals surface area contributed by atoms with Crippen LogP contribution >= 0.6 is 0 Å². The molecule has 0 saturated carbocycles. The van der Waals surface area contributed by atoms with Gasteiger partial charge in [0.1, 0.15) is 0 Å². The number of nitrogens with zero attached hydrogens (tertiary/aromatic N) is 3. The van der Waals surface area contributed by atoms with Crippen LogP contribution in [-0.4, -0.2) is 54.5 Å². The molecular formula is C21H31N3O2. The summed E-state index contributed by atoms with van der Waals surface area (Å²) in [7, 11) is 3.54. The number of anilines is 1. The quantitative estimate of drug-likeness (QED) is 0.769. The van der Waals surface area contributed by atoms with Gasteiger partial charge in [-0.15, -0.1) is 0 Å². The van der Waals surface area contributed by atoms with Gasteiger partial charge in [-0.3, -0.25) is 4.79 Å². The minimum absolute atomic E-state index is 0.0121. The Morgan fingerprint density at radius 2 is 1.73 bits per heavy atom. The van der Waals surface area contributed by atoms with Gasteiger partial charge in [-0.05, 0) is 50.7 Å². The second-order valence-corrected chi connectivity index (χ2v) is 8.59. The molecule has 1 aromatic carbocycles. The van der Waals surface area contributed by atoms with Crippen molar-refractivity contribution >= 4 is 17.6 Å². The third-order valence-electron chi connectivity index (χ3n) is 5.84. The summed E-state index contributed by atoms with van der Waals surface area (Å²) in [5, 5.41) is 0. The molecule has 1 saturated heterocycles. The maximum absolute atomic E-state index is 13.5. The first-order valence-electron chi connectivity index (χ1n) is 9.61. The Hall–Kier alpha value is -2.04. The Balaban J connectivity index is 1.79. The SMILES string of the molecule is CC1CC(C)(C)N(C(=O)C2CCN(C(=O)N(C)C)CC2)c2ccccc21. The number of benzene rings is 1. The molecule has 2 aliphatic heterocycles. The topological polar surface area (TPSA) is 43.9 Å². The highest BCUT2D eigenvalue weighted by atomic mass is 16.2. The van der Waals surface area contributed by atoms with Crippen molar-refractivity contribution in [3.63, 3.8) is 0 Å². The first-order valence-corrected chi connectivity index (χ1v) is 9.61. The Kier molecular flexibility index (Phi) is 5.00. The summed E-state index contributed by atoms with van der Waals surface area (Å²) in [6.07, 6.45) is 2.44. The van der Waals surface area contributed by atoms with Crippen LogP contribution < -0.4 is 4.90 Å². The summed E-state index contributed by atoms with van der Waals surface area (Å²) < 4.78 is 0. The Morgan fingerprint density at radius 3 is 2.35 bits per heavy atom. The summed E-state index contributed by atoms with van der Waals surface area (Å²) in [5.74, 6) is 0.651. The van der Waals surface area contributed by atoms with E-state index in [0.717, 1.165) is 24.9 Å². The molecule has 0 N–H and O–H groups in total. The van der Waals surface area contributed by atoms with Crippen LogP contribution in [0.1, 0.15) is 51.5 Å². The molecular weight excluding hydrogens is 326 g/mol. The lowest BCUT2D eigenvalue weighted by Crippen LogP contribution is -2.55. The van der Waals surface area contributed by atoms with Gasteiger partial charge in [0.15, 0.2) is 0 Å². The van der Waals surface area contributed by atoms with Gasteiger partial charge in [0, 0.05) is 44.3 Å². The van der Waals surface area contributed by atoms with Crippen LogP contribution in [0, 0.1) is 5.92 Å². The third-order valence-corrected chi connectivity index (χ3v) is 5.84. The first kappa shape index (κ1) is 18.7. The van der Waals surface area contributed by atoms with Crippen LogP contribution in [0.4, 0.5) is 10.5 Å². The summed E-state index contributed by atoms with van der Waals surface area (Å²) in [6.45, 7) is 7.89. The highest BCUT2D eigenvalue weighted by Gasteiger charge is 2.42. The van der Waals surface area contributed by atoms with E-state index >= 15 is 0 Å². The van der Waals surface area contributed by atoms with Gasteiger partial charge in [0.05, 0.1) is 0 Å². The lowest BCUT2D eigenvalue weighted by Gasteiger charge is -2.48. The van der Waals surface area contributed by atoms with Gasteiger partial charge >= 0.3 is 6.03 Å². The number of hydrogen-bond acceptors (Lipinski definition) is 2. The number of hydrogen-bond donors (Lipinski definition) is 0. The number of urea groups is 1. The van der Waals surface area contributed by atoms with Crippen LogP contribution in [0.3, 0.4) is 0 Å². The highest BCUT2D eigenvalue weighted by Crippen LogP contribution is 2.44. The van der Waals surface area contributed by atoms with Crippen molar-refractivity contribution in [3.05, 3.63) is 29.8 Å². The molecule has 2 heterocycles. The third kappa shape index (κ3) is 3.31. The molecule has 0 aromatic heterocycles. The molecule has 2 aliphatic rings. The van der Waals surface area contributed by atoms with E-state index < -0.39 is 0 Å². The molecule has 0 spiro atoms. The number of carbonyl (C=O) groups excluding carboxylic acids is 2. The maximum Gasteiger partial charge on any atom is 0.319 e. The maximum atomic E-state index is 13.5. The second-order valence-electron chi connectivity index (χ2n) is 8.59. The van der Waals surface area contributed by atoms with Crippen LogP contribution in [0.25, 0.3) is 0 Å². The van der Waals surface area contributed by atoms with E-state index in [9.17, 15) is 9.59 Å². The normalized spacial score (nSPS) is 22.7. The van der Waals surface area contributed by atoms with Gasteiger partial charge in [0.2, 0.25) is 5.91 Å². The zero-order valence-electron chi connectivity index (χ0n) is 16.7. The van der Waals surface area contributed by atoms with Crippen molar-refractivity contribution in [1.82, 2.24) is 9.80 Å². The van der Waals surface area contributed by atoms with Crippen molar-refractivity contribution in [2.24, 2.45) is 5.92 Å². The molecule has 3 amide bonds. The number of para-hydroxylation sites is 1. The van der Waals surface area contributed by atoms with Gasteiger partial charge in [-0.25, -0.2) is 4.79 Å². The average molecular weight is 357 g/mol. The van der Waals surface area contributed by atoms with E-state index in [1.165, 1.54) is 5.56 Å². The largest absolute Gasteiger partial charge is 0.331 e. The first-order chi connectivity index (χ1) is 12.2. The number of piperidine rings is 1. The fourth-order valence-electron chi connectivity index (χ4n) is 4.58. The lowest BCUT2D eigenvalue weighted by atomic mass is 9.79. The van der Waals surface area contributed by atoms with E-state index in [1.807, 2.05) is 15.9 Å². The Labute approximate surface area is 156 Å². The zero-order chi connectivity index (χ0) is 19.1. The number of likely N-dealkylation sites (tertiary alicyclic amines) is 1. The van der Waals surface area contributed by atoms with E-state index in [4.69, 9.17) is 0 Å². The highest BCUT2D eigenvalue weighted by molar-refractivity contribution is 5.98. The fourth-order valence-corrected chi connectivity index (χ4v) is 4.58. The van der Waals surface area contributed by atoms with Gasteiger partial charge in [-0.1, -0.05) is 25.1 Å². The average Bonchev–Trinajstić information content (AvgIpc) is 2.60. The molecule has 3 rings (SSSR count). The second kappa shape index (κ2) is 6.93. The Bertz CT molecular complexity index is 690. The molecule has 1 fully saturated rings. The van der Waals surface area contributed by atoms with Crippen molar-refractivity contribution in [1.29, 1.82) is 0 Å². The summed E-state index contributed by atoms with van der Waals surface area (Å²) in [5.41, 5.74) is 2.13. The Morgan fingerprint density at radius 1 is 1.12 bits per heavy atom. The van der Waals surface area contributed by atoms with Crippen molar-refractivity contribution in [2.75, 3.05) is 32.1 Å². The standard InChI is InChI=1S/C21H31N3O2/c1-15-14-21(2,3)24(18-9-7-6-8-17(15)18)19(25)16-10-12-23(13-11-16)20(26)22(4)5/h6-9,15-16H,10-14H2,1-5H3. The minimum Gasteiger partial charge on any atom is -0.331 e. The summed E-state index contributed by atoms with van der Waals surface area (Å²) in [4.78, 5) is 31.1.